The van der Waals surface area contributed by atoms with E-state index in [1.54, 1.807) is 18.4 Å². The van der Waals surface area contributed by atoms with Crippen LogP contribution in [0.4, 0.5) is 0 Å². The third kappa shape index (κ3) is 4.65. The van der Waals surface area contributed by atoms with Crippen molar-refractivity contribution in [1.82, 2.24) is 10.3 Å². The molecule has 1 N–H and O–H groups in total. The first-order valence-electron chi connectivity index (χ1n) is 6.52. The number of aromatic nitrogens is 1. The molecule has 0 fully saturated rings. The highest BCUT2D eigenvalue weighted by Gasteiger charge is 2.15. The second-order valence-corrected chi connectivity index (χ2v) is 5.24. The van der Waals surface area contributed by atoms with Crippen molar-refractivity contribution in [3.8, 4) is 0 Å². The second-order valence-electron chi connectivity index (χ2n) is 4.13. The van der Waals surface area contributed by atoms with Gasteiger partial charge in [0.2, 0.25) is 0 Å². The number of rotatable bonds is 9. The molecule has 1 heterocycles. The van der Waals surface area contributed by atoms with E-state index >= 15 is 0 Å². The van der Waals surface area contributed by atoms with E-state index in [0.717, 1.165) is 30.2 Å². The quantitative estimate of drug-likeness (QED) is 0.702. The molecule has 0 radical (unpaired) electrons. The van der Waals surface area contributed by atoms with E-state index in [-0.39, 0.29) is 6.10 Å². The van der Waals surface area contributed by atoms with Gasteiger partial charge in [-0.15, -0.1) is 11.3 Å². The van der Waals surface area contributed by atoms with Crippen LogP contribution in [0.5, 0.6) is 0 Å². The Morgan fingerprint density at radius 2 is 2.17 bits per heavy atom. The summed E-state index contributed by atoms with van der Waals surface area (Å²) >= 11 is 1.72. The van der Waals surface area contributed by atoms with Crippen LogP contribution in [0.3, 0.4) is 0 Å². The summed E-state index contributed by atoms with van der Waals surface area (Å²) in [6.45, 7) is 9.39. The van der Waals surface area contributed by atoms with E-state index in [9.17, 15) is 0 Å². The third-order valence-electron chi connectivity index (χ3n) is 2.55. The van der Waals surface area contributed by atoms with Gasteiger partial charge < -0.3 is 14.8 Å². The van der Waals surface area contributed by atoms with E-state index in [1.165, 1.54) is 4.88 Å². The summed E-state index contributed by atoms with van der Waals surface area (Å²) in [5.74, 6) is 0. The summed E-state index contributed by atoms with van der Waals surface area (Å²) < 4.78 is 10.8. The molecule has 0 aliphatic rings. The van der Waals surface area contributed by atoms with Crippen LogP contribution in [0.25, 0.3) is 0 Å². The summed E-state index contributed by atoms with van der Waals surface area (Å²) in [7, 11) is 1.70. The lowest BCUT2D eigenvalue weighted by Gasteiger charge is -2.06. The fraction of sp³-hybridized carbons (Fsp3) is 0.769. The largest absolute Gasteiger partial charge is 0.378 e. The zero-order chi connectivity index (χ0) is 13.4. The van der Waals surface area contributed by atoms with Crippen LogP contribution < -0.4 is 5.32 Å². The van der Waals surface area contributed by atoms with Gasteiger partial charge in [0.1, 0.15) is 11.1 Å². The third-order valence-corrected chi connectivity index (χ3v) is 3.81. The fourth-order valence-corrected chi connectivity index (χ4v) is 2.70. The molecule has 1 aromatic rings. The summed E-state index contributed by atoms with van der Waals surface area (Å²) in [5, 5.41) is 4.45. The van der Waals surface area contributed by atoms with Crippen molar-refractivity contribution >= 4 is 11.3 Å². The molecule has 0 spiro atoms. The SMILES string of the molecule is CCCNCc1sc(C(C)OCC)nc1COC. The first-order valence-corrected chi connectivity index (χ1v) is 7.34. The molecule has 18 heavy (non-hydrogen) atoms. The van der Waals surface area contributed by atoms with Crippen LogP contribution in [0.2, 0.25) is 0 Å². The van der Waals surface area contributed by atoms with Gasteiger partial charge >= 0.3 is 0 Å². The van der Waals surface area contributed by atoms with Gasteiger partial charge in [0, 0.05) is 25.1 Å². The van der Waals surface area contributed by atoms with Gasteiger partial charge in [0.05, 0.1) is 12.3 Å². The highest BCUT2D eigenvalue weighted by molar-refractivity contribution is 7.11. The minimum absolute atomic E-state index is 0.0653. The number of hydrogen-bond acceptors (Lipinski definition) is 5. The van der Waals surface area contributed by atoms with Gasteiger partial charge in [-0.3, -0.25) is 0 Å². The summed E-state index contributed by atoms with van der Waals surface area (Å²) in [6.07, 6.45) is 1.20. The van der Waals surface area contributed by atoms with E-state index in [4.69, 9.17) is 9.47 Å². The smallest absolute Gasteiger partial charge is 0.122 e. The normalized spacial score (nSPS) is 12.9. The second kappa shape index (κ2) is 8.58. The molecular formula is C13H24N2O2S. The van der Waals surface area contributed by atoms with Crippen molar-refractivity contribution < 1.29 is 9.47 Å². The lowest BCUT2D eigenvalue weighted by atomic mass is 10.3. The molecule has 0 saturated carbocycles. The van der Waals surface area contributed by atoms with Gasteiger partial charge in [0.15, 0.2) is 0 Å². The standard InChI is InChI=1S/C13H24N2O2S/c1-5-7-14-8-12-11(9-16-4)15-13(18-12)10(3)17-6-2/h10,14H,5-9H2,1-4H3. The Labute approximate surface area is 114 Å². The van der Waals surface area contributed by atoms with Crippen molar-refractivity contribution in [1.29, 1.82) is 0 Å². The van der Waals surface area contributed by atoms with Crippen LogP contribution in [0, 0.1) is 0 Å². The molecule has 5 heteroatoms. The average molecular weight is 272 g/mol. The van der Waals surface area contributed by atoms with Crippen molar-refractivity contribution in [3.05, 3.63) is 15.6 Å². The lowest BCUT2D eigenvalue weighted by molar-refractivity contribution is 0.0758. The molecule has 0 amide bonds. The zero-order valence-electron chi connectivity index (χ0n) is 11.8. The molecule has 0 bridgehead atoms. The van der Waals surface area contributed by atoms with Crippen LogP contribution in [0.15, 0.2) is 0 Å². The molecule has 0 aliphatic carbocycles. The number of ether oxygens (including phenoxy) is 2. The first kappa shape index (κ1) is 15.6. The van der Waals surface area contributed by atoms with Crippen LogP contribution >= 0.6 is 11.3 Å². The van der Waals surface area contributed by atoms with Crippen LogP contribution in [-0.2, 0) is 22.6 Å². The molecule has 0 aliphatic heterocycles. The van der Waals surface area contributed by atoms with E-state index < -0.39 is 0 Å². The molecular weight excluding hydrogens is 248 g/mol. The minimum Gasteiger partial charge on any atom is -0.378 e. The lowest BCUT2D eigenvalue weighted by Crippen LogP contribution is -2.14. The molecule has 0 saturated heterocycles. The Balaban J connectivity index is 2.72. The van der Waals surface area contributed by atoms with Crippen molar-refractivity contribution in [2.45, 2.75) is 46.4 Å². The maximum absolute atomic E-state index is 5.59. The highest BCUT2D eigenvalue weighted by Crippen LogP contribution is 2.26. The molecule has 4 nitrogen and oxygen atoms in total. The first-order chi connectivity index (χ1) is 8.72. The number of nitrogens with one attached hydrogen (secondary N) is 1. The minimum atomic E-state index is 0.0653. The van der Waals surface area contributed by atoms with Gasteiger partial charge in [0.25, 0.3) is 0 Å². The van der Waals surface area contributed by atoms with E-state index in [2.05, 4.69) is 17.2 Å². The van der Waals surface area contributed by atoms with E-state index in [1.807, 2.05) is 13.8 Å². The van der Waals surface area contributed by atoms with Gasteiger partial charge in [-0.1, -0.05) is 6.92 Å². The maximum atomic E-state index is 5.59. The number of hydrogen-bond donors (Lipinski definition) is 1. The predicted octanol–water partition coefficient (Wildman–Crippen LogP) is 2.89. The van der Waals surface area contributed by atoms with E-state index in [0.29, 0.717) is 13.2 Å². The van der Waals surface area contributed by atoms with Gasteiger partial charge in [-0.2, -0.15) is 0 Å². The molecule has 1 rings (SSSR count). The Bertz CT molecular complexity index is 342. The Morgan fingerprint density at radius 3 is 2.78 bits per heavy atom. The average Bonchev–Trinajstić information content (AvgIpc) is 2.74. The predicted molar refractivity (Wildman–Crippen MR) is 74.9 cm³/mol. The summed E-state index contributed by atoms with van der Waals surface area (Å²) in [5.41, 5.74) is 1.03. The van der Waals surface area contributed by atoms with Crippen molar-refractivity contribution in [2.24, 2.45) is 0 Å². The maximum Gasteiger partial charge on any atom is 0.122 e. The highest BCUT2D eigenvalue weighted by atomic mass is 32.1. The monoisotopic (exact) mass is 272 g/mol. The fourth-order valence-electron chi connectivity index (χ4n) is 1.66. The molecule has 1 aromatic heterocycles. The topological polar surface area (TPSA) is 43.4 Å². The molecule has 0 aromatic carbocycles. The molecule has 1 unspecified atom stereocenters. The van der Waals surface area contributed by atoms with Crippen molar-refractivity contribution in [2.75, 3.05) is 20.3 Å². The van der Waals surface area contributed by atoms with Gasteiger partial charge in [-0.05, 0) is 26.8 Å². The van der Waals surface area contributed by atoms with Crippen LogP contribution in [0.1, 0.15) is 48.9 Å². The number of nitrogens with zero attached hydrogens (tertiary/aromatic N) is 1. The Morgan fingerprint density at radius 1 is 1.39 bits per heavy atom. The molecule has 1 atom stereocenters. The summed E-state index contributed by atoms with van der Waals surface area (Å²) in [4.78, 5) is 5.88. The van der Waals surface area contributed by atoms with Crippen molar-refractivity contribution in [3.63, 3.8) is 0 Å². The molecule has 104 valence electrons. The Hall–Kier alpha value is -0.490. The Kier molecular flexibility index (Phi) is 7.42. The number of thiazole rings is 1. The zero-order valence-corrected chi connectivity index (χ0v) is 12.6. The van der Waals surface area contributed by atoms with Gasteiger partial charge in [-0.25, -0.2) is 4.98 Å². The number of methoxy groups -OCH3 is 1. The summed E-state index contributed by atoms with van der Waals surface area (Å²) in [6, 6.07) is 0. The van der Waals surface area contributed by atoms with Crippen LogP contribution in [-0.4, -0.2) is 25.2 Å².